The Balaban J connectivity index is 1.88. The van der Waals surface area contributed by atoms with E-state index in [-0.39, 0.29) is 5.91 Å². The minimum atomic E-state index is -0.0607. The number of rotatable bonds is 3. The SMILES string of the molecule is Cc1c(CN(C)C(=O)c2sc3ccccc3c2Cl)cnn1C. The molecule has 0 bridgehead atoms. The van der Waals surface area contributed by atoms with Crippen molar-refractivity contribution < 1.29 is 4.79 Å². The van der Waals surface area contributed by atoms with Crippen molar-refractivity contribution in [1.29, 1.82) is 0 Å². The number of nitrogens with zero attached hydrogens (tertiary/aromatic N) is 3. The van der Waals surface area contributed by atoms with E-state index in [0.717, 1.165) is 21.3 Å². The summed E-state index contributed by atoms with van der Waals surface area (Å²) in [6.07, 6.45) is 1.80. The molecule has 0 aliphatic carbocycles. The second kappa shape index (κ2) is 5.74. The maximum atomic E-state index is 12.7. The summed E-state index contributed by atoms with van der Waals surface area (Å²) < 4.78 is 2.84. The molecule has 0 aliphatic rings. The zero-order chi connectivity index (χ0) is 15.9. The van der Waals surface area contributed by atoms with Crippen LogP contribution in [-0.4, -0.2) is 27.6 Å². The molecule has 1 amide bonds. The quantitative estimate of drug-likeness (QED) is 0.729. The summed E-state index contributed by atoms with van der Waals surface area (Å²) in [4.78, 5) is 15.0. The number of halogens is 1. The zero-order valence-electron chi connectivity index (χ0n) is 12.6. The molecule has 0 saturated heterocycles. The van der Waals surface area contributed by atoms with E-state index in [1.165, 1.54) is 11.3 Å². The molecule has 0 aliphatic heterocycles. The summed E-state index contributed by atoms with van der Waals surface area (Å²) in [7, 11) is 3.68. The lowest BCUT2D eigenvalue weighted by Gasteiger charge is -2.16. The van der Waals surface area contributed by atoms with Crippen molar-refractivity contribution in [2.75, 3.05) is 7.05 Å². The van der Waals surface area contributed by atoms with E-state index >= 15 is 0 Å². The van der Waals surface area contributed by atoms with Crippen molar-refractivity contribution in [1.82, 2.24) is 14.7 Å². The summed E-state index contributed by atoms with van der Waals surface area (Å²) in [5, 5.41) is 5.68. The molecule has 0 unspecified atom stereocenters. The fraction of sp³-hybridized carbons (Fsp3) is 0.250. The predicted octanol–water partition coefficient (Wildman–Crippen LogP) is 3.87. The number of hydrogen-bond donors (Lipinski definition) is 0. The van der Waals surface area contributed by atoms with Gasteiger partial charge >= 0.3 is 0 Å². The van der Waals surface area contributed by atoms with Gasteiger partial charge in [0.25, 0.3) is 5.91 Å². The van der Waals surface area contributed by atoms with Crippen molar-refractivity contribution in [2.24, 2.45) is 7.05 Å². The molecule has 0 atom stereocenters. The van der Waals surface area contributed by atoms with Gasteiger partial charge in [-0.25, -0.2) is 0 Å². The Labute approximate surface area is 137 Å². The molecule has 3 rings (SSSR count). The maximum Gasteiger partial charge on any atom is 0.265 e. The van der Waals surface area contributed by atoms with Gasteiger partial charge in [0.1, 0.15) is 4.88 Å². The molecule has 0 saturated carbocycles. The van der Waals surface area contributed by atoms with Gasteiger partial charge in [-0.2, -0.15) is 5.10 Å². The molecule has 0 fully saturated rings. The second-order valence-corrected chi connectivity index (χ2v) is 6.71. The van der Waals surface area contributed by atoms with Crippen LogP contribution in [0.5, 0.6) is 0 Å². The van der Waals surface area contributed by atoms with E-state index in [1.54, 1.807) is 22.8 Å². The van der Waals surface area contributed by atoms with E-state index in [2.05, 4.69) is 5.10 Å². The van der Waals surface area contributed by atoms with Crippen LogP contribution in [-0.2, 0) is 13.6 Å². The van der Waals surface area contributed by atoms with Crippen molar-refractivity contribution in [3.8, 4) is 0 Å². The number of carbonyl (C=O) groups excluding carboxylic acids is 1. The standard InChI is InChI=1S/C16H16ClN3OS/c1-10-11(8-18-20(10)3)9-19(2)16(21)15-14(17)12-6-4-5-7-13(12)22-15/h4-8H,9H2,1-3H3. The predicted molar refractivity (Wildman–Crippen MR) is 90.6 cm³/mol. The van der Waals surface area contributed by atoms with Crippen molar-refractivity contribution in [2.45, 2.75) is 13.5 Å². The fourth-order valence-electron chi connectivity index (χ4n) is 2.35. The highest BCUT2D eigenvalue weighted by atomic mass is 35.5. The molecule has 0 radical (unpaired) electrons. The summed E-state index contributed by atoms with van der Waals surface area (Å²) in [5.41, 5.74) is 2.10. The number of thiophene rings is 1. The number of benzene rings is 1. The van der Waals surface area contributed by atoms with Gasteiger partial charge in [0.05, 0.1) is 11.2 Å². The summed E-state index contributed by atoms with van der Waals surface area (Å²) >= 11 is 7.82. The Hall–Kier alpha value is -1.85. The molecule has 114 valence electrons. The first-order valence-corrected chi connectivity index (χ1v) is 8.08. The van der Waals surface area contributed by atoms with Gasteiger partial charge in [0.15, 0.2) is 0 Å². The zero-order valence-corrected chi connectivity index (χ0v) is 14.2. The lowest BCUT2D eigenvalue weighted by atomic mass is 10.2. The molecule has 22 heavy (non-hydrogen) atoms. The normalized spacial score (nSPS) is 11.1. The first-order valence-electron chi connectivity index (χ1n) is 6.89. The summed E-state index contributed by atoms with van der Waals surface area (Å²) in [5.74, 6) is -0.0607. The van der Waals surface area contributed by atoms with Crippen LogP contribution in [0, 0.1) is 6.92 Å². The number of aryl methyl sites for hydroxylation is 1. The van der Waals surface area contributed by atoms with Gasteiger partial charge in [0, 0.05) is 42.0 Å². The maximum absolute atomic E-state index is 12.7. The molecule has 3 aromatic rings. The average molecular weight is 334 g/mol. The van der Waals surface area contributed by atoms with Crippen LogP contribution in [0.25, 0.3) is 10.1 Å². The minimum absolute atomic E-state index is 0.0607. The van der Waals surface area contributed by atoms with E-state index in [9.17, 15) is 4.79 Å². The minimum Gasteiger partial charge on any atom is -0.337 e. The highest BCUT2D eigenvalue weighted by Crippen LogP contribution is 2.35. The highest BCUT2D eigenvalue weighted by Gasteiger charge is 2.21. The third kappa shape index (κ3) is 2.51. The Morgan fingerprint density at radius 3 is 2.77 bits per heavy atom. The second-order valence-electron chi connectivity index (χ2n) is 5.28. The molecule has 0 N–H and O–H groups in total. The lowest BCUT2D eigenvalue weighted by Crippen LogP contribution is -2.25. The number of carbonyl (C=O) groups is 1. The molecular formula is C16H16ClN3OS. The van der Waals surface area contributed by atoms with Gasteiger partial charge in [-0.1, -0.05) is 29.8 Å². The first-order chi connectivity index (χ1) is 10.5. The fourth-order valence-corrected chi connectivity index (χ4v) is 3.86. The van der Waals surface area contributed by atoms with Gasteiger partial charge < -0.3 is 4.90 Å². The van der Waals surface area contributed by atoms with Crippen LogP contribution in [0.15, 0.2) is 30.5 Å². The topological polar surface area (TPSA) is 38.1 Å². The van der Waals surface area contributed by atoms with Crippen LogP contribution in [0.4, 0.5) is 0 Å². The molecule has 2 aromatic heterocycles. The Morgan fingerprint density at radius 1 is 1.41 bits per heavy atom. The molecule has 4 nitrogen and oxygen atoms in total. The molecule has 2 heterocycles. The number of aromatic nitrogens is 2. The Morgan fingerprint density at radius 2 is 2.14 bits per heavy atom. The monoisotopic (exact) mass is 333 g/mol. The summed E-state index contributed by atoms with van der Waals surface area (Å²) in [6.45, 7) is 2.51. The van der Waals surface area contributed by atoms with E-state index in [4.69, 9.17) is 11.6 Å². The lowest BCUT2D eigenvalue weighted by molar-refractivity contribution is 0.0790. The van der Waals surface area contributed by atoms with E-state index in [0.29, 0.717) is 16.4 Å². The Bertz CT molecular complexity index is 852. The third-order valence-corrected chi connectivity index (χ3v) is 5.48. The molecular weight excluding hydrogens is 318 g/mol. The van der Waals surface area contributed by atoms with Crippen LogP contribution in [0.3, 0.4) is 0 Å². The van der Waals surface area contributed by atoms with E-state index in [1.807, 2.05) is 38.2 Å². The first kappa shape index (κ1) is 15.1. The number of amides is 1. The van der Waals surface area contributed by atoms with Gasteiger partial charge in [0.2, 0.25) is 0 Å². The third-order valence-electron chi connectivity index (χ3n) is 3.82. The van der Waals surface area contributed by atoms with Crippen molar-refractivity contribution in [3.63, 3.8) is 0 Å². The van der Waals surface area contributed by atoms with Crippen LogP contribution < -0.4 is 0 Å². The number of hydrogen-bond acceptors (Lipinski definition) is 3. The van der Waals surface area contributed by atoms with Crippen LogP contribution in [0.2, 0.25) is 5.02 Å². The van der Waals surface area contributed by atoms with Gasteiger partial charge in [-0.3, -0.25) is 9.48 Å². The Kier molecular flexibility index (Phi) is 3.93. The molecule has 6 heteroatoms. The van der Waals surface area contributed by atoms with Crippen molar-refractivity contribution in [3.05, 3.63) is 51.6 Å². The van der Waals surface area contributed by atoms with Crippen LogP contribution >= 0.6 is 22.9 Å². The molecule has 0 spiro atoms. The molecule has 1 aromatic carbocycles. The number of fused-ring (bicyclic) bond motifs is 1. The van der Waals surface area contributed by atoms with Crippen LogP contribution in [0.1, 0.15) is 20.9 Å². The van der Waals surface area contributed by atoms with Gasteiger partial charge in [-0.05, 0) is 13.0 Å². The summed E-state index contributed by atoms with van der Waals surface area (Å²) in [6, 6.07) is 7.80. The average Bonchev–Trinajstić information content (AvgIpc) is 3.01. The largest absolute Gasteiger partial charge is 0.337 e. The van der Waals surface area contributed by atoms with Crippen molar-refractivity contribution >= 4 is 38.9 Å². The highest BCUT2D eigenvalue weighted by molar-refractivity contribution is 7.21. The smallest absolute Gasteiger partial charge is 0.265 e. The van der Waals surface area contributed by atoms with E-state index < -0.39 is 0 Å². The van der Waals surface area contributed by atoms with Gasteiger partial charge in [-0.15, -0.1) is 11.3 Å².